The molecule has 0 saturated carbocycles. The van der Waals surface area contributed by atoms with Gasteiger partial charge in [0.05, 0.1) is 0 Å². The Bertz CT molecular complexity index is 684. The number of aromatic amines is 1. The minimum absolute atomic E-state index is 0.301. The highest BCUT2D eigenvalue weighted by Crippen LogP contribution is 2.30. The van der Waals surface area contributed by atoms with Crippen molar-refractivity contribution >= 4 is 34.4 Å². The van der Waals surface area contributed by atoms with Crippen LogP contribution in [0.4, 0.5) is 0 Å². The Hall–Kier alpha value is -2.05. The number of carbonyl (C=O) groups is 2. The molecule has 0 saturated heterocycles. The first-order chi connectivity index (χ1) is 9.88. The predicted molar refractivity (Wildman–Crippen MR) is 78.6 cm³/mol. The molecule has 0 bridgehead atoms. The lowest BCUT2D eigenvalue weighted by molar-refractivity contribution is -0.159. The number of carboxylic acid groups (broad SMARTS) is 2. The Kier molecular flexibility index (Phi) is 4.50. The average molecular weight is 311 g/mol. The van der Waals surface area contributed by atoms with Crippen LogP contribution >= 0.6 is 11.6 Å². The highest BCUT2D eigenvalue weighted by Gasteiger charge is 2.19. The Morgan fingerprint density at radius 3 is 2.57 bits per heavy atom. The Balaban J connectivity index is 0.000000232. The van der Waals surface area contributed by atoms with Crippen molar-refractivity contribution in [3.8, 4) is 0 Å². The van der Waals surface area contributed by atoms with Gasteiger partial charge in [0.1, 0.15) is 0 Å². The summed E-state index contributed by atoms with van der Waals surface area (Å²) in [6.07, 6.45) is 3.10. The normalized spacial score (nSPS) is 16.8. The van der Waals surface area contributed by atoms with Crippen molar-refractivity contribution in [1.29, 1.82) is 0 Å². The number of hydrogen-bond acceptors (Lipinski definition) is 3. The van der Waals surface area contributed by atoms with Crippen LogP contribution in [0.1, 0.15) is 17.7 Å². The summed E-state index contributed by atoms with van der Waals surface area (Å²) in [6, 6.07) is 6.30. The highest BCUT2D eigenvalue weighted by atomic mass is 35.5. The quantitative estimate of drug-likeness (QED) is 0.554. The number of fused-ring (bicyclic) bond motifs is 3. The Labute approximate surface area is 125 Å². The van der Waals surface area contributed by atoms with Crippen LogP contribution in [-0.2, 0) is 22.4 Å². The van der Waals surface area contributed by atoms with Gasteiger partial charge in [-0.15, -0.1) is 0 Å². The van der Waals surface area contributed by atoms with Crippen LogP contribution in [0.25, 0.3) is 10.9 Å². The van der Waals surface area contributed by atoms with Gasteiger partial charge in [0.2, 0.25) is 0 Å². The third kappa shape index (κ3) is 3.53. The number of carboxylic acids is 2. The molecule has 1 heterocycles. The van der Waals surface area contributed by atoms with Crippen LogP contribution < -0.4 is 5.73 Å². The van der Waals surface area contributed by atoms with E-state index in [4.69, 9.17) is 37.1 Å². The summed E-state index contributed by atoms with van der Waals surface area (Å²) in [4.78, 5) is 21.6. The summed E-state index contributed by atoms with van der Waals surface area (Å²) in [5.74, 6) is -3.65. The molecule has 0 amide bonds. The lowest BCUT2D eigenvalue weighted by Crippen LogP contribution is -2.27. The molecule has 1 aromatic carbocycles. The van der Waals surface area contributed by atoms with Gasteiger partial charge in [0.15, 0.2) is 0 Å². The van der Waals surface area contributed by atoms with Crippen molar-refractivity contribution in [2.24, 2.45) is 5.73 Å². The predicted octanol–water partition coefficient (Wildman–Crippen LogP) is 1.79. The fourth-order valence-electron chi connectivity index (χ4n) is 2.42. The minimum atomic E-state index is -1.82. The molecular formula is C14H15ClN2O4. The number of aryl methyl sites for hydroxylation is 1. The molecule has 1 aromatic heterocycles. The fourth-order valence-corrected chi connectivity index (χ4v) is 2.59. The van der Waals surface area contributed by atoms with Gasteiger partial charge in [0.25, 0.3) is 0 Å². The van der Waals surface area contributed by atoms with Gasteiger partial charge in [-0.2, -0.15) is 0 Å². The van der Waals surface area contributed by atoms with E-state index in [1.165, 1.54) is 22.2 Å². The van der Waals surface area contributed by atoms with E-state index < -0.39 is 11.9 Å². The molecule has 21 heavy (non-hydrogen) atoms. The summed E-state index contributed by atoms with van der Waals surface area (Å²) in [7, 11) is 0. The molecule has 2 aromatic rings. The van der Waals surface area contributed by atoms with Crippen LogP contribution in [0.5, 0.6) is 0 Å². The molecule has 1 atom stereocenters. The summed E-state index contributed by atoms with van der Waals surface area (Å²) in [5, 5.41) is 16.8. The molecule has 3 rings (SSSR count). The number of hydrogen-bond donors (Lipinski definition) is 4. The van der Waals surface area contributed by atoms with Crippen molar-refractivity contribution in [1.82, 2.24) is 4.98 Å². The molecule has 112 valence electrons. The number of aliphatic carboxylic acids is 2. The van der Waals surface area contributed by atoms with E-state index in [9.17, 15) is 0 Å². The van der Waals surface area contributed by atoms with E-state index in [2.05, 4.69) is 4.98 Å². The van der Waals surface area contributed by atoms with Crippen LogP contribution in [0.2, 0.25) is 5.02 Å². The van der Waals surface area contributed by atoms with Crippen LogP contribution in [0, 0.1) is 0 Å². The van der Waals surface area contributed by atoms with Gasteiger partial charge in [-0.25, -0.2) is 9.59 Å². The first-order valence-electron chi connectivity index (χ1n) is 6.39. The van der Waals surface area contributed by atoms with Crippen molar-refractivity contribution in [2.75, 3.05) is 0 Å². The van der Waals surface area contributed by atoms with Gasteiger partial charge < -0.3 is 20.9 Å². The second-order valence-corrected chi connectivity index (χ2v) is 5.32. The first kappa shape index (κ1) is 15.3. The molecule has 0 radical (unpaired) electrons. The molecule has 1 aliphatic rings. The van der Waals surface area contributed by atoms with E-state index in [0.29, 0.717) is 6.04 Å². The van der Waals surface area contributed by atoms with E-state index in [1.54, 1.807) is 0 Å². The second kappa shape index (κ2) is 6.15. The zero-order valence-corrected chi connectivity index (χ0v) is 11.9. The van der Waals surface area contributed by atoms with E-state index >= 15 is 0 Å². The van der Waals surface area contributed by atoms with E-state index in [0.717, 1.165) is 24.3 Å². The summed E-state index contributed by atoms with van der Waals surface area (Å²) in [6.45, 7) is 0. The number of H-pyrrole nitrogens is 1. The average Bonchev–Trinajstić information content (AvgIpc) is 2.77. The minimum Gasteiger partial charge on any atom is -0.473 e. The first-order valence-corrected chi connectivity index (χ1v) is 6.77. The van der Waals surface area contributed by atoms with Gasteiger partial charge in [0, 0.05) is 27.7 Å². The largest absolute Gasteiger partial charge is 0.473 e. The zero-order chi connectivity index (χ0) is 15.6. The van der Waals surface area contributed by atoms with E-state index in [1.807, 2.05) is 18.2 Å². The smallest absolute Gasteiger partial charge is 0.414 e. The van der Waals surface area contributed by atoms with Gasteiger partial charge in [-0.1, -0.05) is 11.6 Å². The molecular weight excluding hydrogens is 296 g/mol. The van der Waals surface area contributed by atoms with Crippen molar-refractivity contribution < 1.29 is 19.8 Å². The zero-order valence-electron chi connectivity index (χ0n) is 11.1. The van der Waals surface area contributed by atoms with Crippen molar-refractivity contribution in [2.45, 2.75) is 25.3 Å². The lowest BCUT2D eigenvalue weighted by Gasteiger charge is -2.18. The summed E-state index contributed by atoms with van der Waals surface area (Å²) < 4.78 is 0. The maximum Gasteiger partial charge on any atom is 0.414 e. The number of nitrogens with two attached hydrogens (primary N) is 1. The molecule has 7 heteroatoms. The van der Waals surface area contributed by atoms with Crippen LogP contribution in [0.15, 0.2) is 18.2 Å². The lowest BCUT2D eigenvalue weighted by atomic mass is 9.92. The SMILES string of the molecule is NC1CCc2[nH]c3ccc(Cl)cc3c2C1.O=C(O)C(=O)O. The summed E-state index contributed by atoms with van der Waals surface area (Å²) in [5.41, 5.74) is 9.88. The number of halogens is 1. The van der Waals surface area contributed by atoms with E-state index in [-0.39, 0.29) is 0 Å². The van der Waals surface area contributed by atoms with Gasteiger partial charge >= 0.3 is 11.9 Å². The van der Waals surface area contributed by atoms with Crippen LogP contribution in [0.3, 0.4) is 0 Å². The Morgan fingerprint density at radius 1 is 1.29 bits per heavy atom. The van der Waals surface area contributed by atoms with Gasteiger partial charge in [-0.05, 0) is 43.0 Å². The number of benzene rings is 1. The summed E-state index contributed by atoms with van der Waals surface area (Å²) >= 11 is 6.01. The highest BCUT2D eigenvalue weighted by molar-refractivity contribution is 6.31. The molecule has 5 N–H and O–H groups in total. The molecule has 0 fully saturated rings. The standard InChI is InChI=1S/C12H13ClN2.C2H2O4/c13-7-1-3-11-9(5-7)10-6-8(14)2-4-12(10)15-11;3-1(4)2(5)6/h1,3,5,8,15H,2,4,6,14H2;(H,3,4)(H,5,6). The fraction of sp³-hybridized carbons (Fsp3) is 0.286. The number of aromatic nitrogens is 1. The monoisotopic (exact) mass is 310 g/mol. The van der Waals surface area contributed by atoms with Crippen LogP contribution in [-0.4, -0.2) is 33.2 Å². The van der Waals surface area contributed by atoms with Gasteiger partial charge in [-0.3, -0.25) is 0 Å². The molecule has 0 aliphatic heterocycles. The maximum absolute atomic E-state index is 9.10. The Morgan fingerprint density at radius 2 is 1.95 bits per heavy atom. The third-order valence-electron chi connectivity index (χ3n) is 3.37. The third-order valence-corrected chi connectivity index (χ3v) is 3.61. The van der Waals surface area contributed by atoms with Crippen molar-refractivity contribution in [3.63, 3.8) is 0 Å². The molecule has 0 spiro atoms. The molecule has 1 aliphatic carbocycles. The topological polar surface area (TPSA) is 116 Å². The second-order valence-electron chi connectivity index (χ2n) is 4.89. The number of nitrogens with one attached hydrogen (secondary N) is 1. The number of rotatable bonds is 0. The van der Waals surface area contributed by atoms with Crippen molar-refractivity contribution in [3.05, 3.63) is 34.5 Å². The molecule has 1 unspecified atom stereocenters. The molecule has 6 nitrogen and oxygen atoms in total. The maximum atomic E-state index is 9.10.